The molecule has 0 aromatic heterocycles. The van der Waals surface area contributed by atoms with Gasteiger partial charge in [0.2, 0.25) is 0 Å². The molecule has 0 spiro atoms. The average molecular weight is 209 g/mol. The molecule has 1 rings (SSSR count). The lowest BCUT2D eigenvalue weighted by molar-refractivity contribution is -0.124. The number of para-hydroxylation sites is 1. The number of ether oxygens (including phenoxy) is 1. The number of hydrogen-bond donors (Lipinski definition) is 2. The lowest BCUT2D eigenvalue weighted by atomic mass is 10.2. The summed E-state index contributed by atoms with van der Waals surface area (Å²) in [4.78, 5) is 11.5. The van der Waals surface area contributed by atoms with E-state index in [0.29, 0.717) is 11.3 Å². The fourth-order valence-corrected chi connectivity index (χ4v) is 1.12. The van der Waals surface area contributed by atoms with E-state index in [0.717, 1.165) is 0 Å². The number of aliphatic hydroxyl groups is 1. The number of amides is 1. The van der Waals surface area contributed by atoms with E-state index in [9.17, 15) is 4.79 Å². The van der Waals surface area contributed by atoms with Gasteiger partial charge in [-0.25, -0.2) is 0 Å². The second kappa shape index (κ2) is 5.48. The molecule has 4 nitrogen and oxygen atoms in total. The summed E-state index contributed by atoms with van der Waals surface area (Å²) in [5, 5.41) is 11.7. The molecule has 1 amide bonds. The van der Waals surface area contributed by atoms with Gasteiger partial charge in [0, 0.05) is 18.4 Å². The van der Waals surface area contributed by atoms with Crippen LogP contribution in [-0.2, 0) is 16.1 Å². The van der Waals surface area contributed by atoms with Gasteiger partial charge < -0.3 is 15.2 Å². The molecule has 0 aliphatic rings. The maximum absolute atomic E-state index is 11.5. The van der Waals surface area contributed by atoms with Crippen LogP contribution in [0.2, 0.25) is 0 Å². The van der Waals surface area contributed by atoms with Crippen molar-refractivity contribution in [2.75, 3.05) is 12.4 Å². The Morgan fingerprint density at radius 1 is 1.53 bits per heavy atom. The van der Waals surface area contributed by atoms with Gasteiger partial charge >= 0.3 is 0 Å². The van der Waals surface area contributed by atoms with Crippen molar-refractivity contribution >= 4 is 11.6 Å². The van der Waals surface area contributed by atoms with Crippen molar-refractivity contribution in [2.45, 2.75) is 19.6 Å². The van der Waals surface area contributed by atoms with E-state index >= 15 is 0 Å². The highest BCUT2D eigenvalue weighted by atomic mass is 16.5. The second-order valence-corrected chi connectivity index (χ2v) is 3.18. The molecule has 0 saturated heterocycles. The number of methoxy groups -OCH3 is 1. The summed E-state index contributed by atoms with van der Waals surface area (Å²) >= 11 is 0. The molecule has 1 aromatic rings. The van der Waals surface area contributed by atoms with Crippen LogP contribution >= 0.6 is 0 Å². The van der Waals surface area contributed by atoms with E-state index < -0.39 is 6.10 Å². The Hall–Kier alpha value is -1.39. The Morgan fingerprint density at radius 2 is 2.20 bits per heavy atom. The molecule has 0 saturated carbocycles. The first-order chi connectivity index (χ1) is 7.19. The highest BCUT2D eigenvalue weighted by Gasteiger charge is 2.12. The molecule has 0 bridgehead atoms. The number of carbonyl (C=O) groups excluding carboxylic acids is 1. The van der Waals surface area contributed by atoms with Gasteiger partial charge in [0.15, 0.2) is 0 Å². The molecule has 0 aliphatic heterocycles. The Kier molecular flexibility index (Phi) is 4.27. The van der Waals surface area contributed by atoms with Crippen molar-refractivity contribution in [2.24, 2.45) is 0 Å². The smallest absolute Gasteiger partial charge is 0.253 e. The Bertz CT molecular complexity index is 338. The number of nitrogens with one attached hydrogen (secondary N) is 1. The number of benzene rings is 1. The van der Waals surface area contributed by atoms with E-state index in [1.165, 1.54) is 7.11 Å². The van der Waals surface area contributed by atoms with E-state index in [1.807, 2.05) is 0 Å². The molecule has 1 atom stereocenters. The molecule has 1 unspecified atom stereocenters. The molecule has 0 heterocycles. The minimum atomic E-state index is -0.503. The normalized spacial score (nSPS) is 12.2. The van der Waals surface area contributed by atoms with Gasteiger partial charge in [-0.15, -0.1) is 0 Å². The highest BCUT2D eigenvalue weighted by molar-refractivity contribution is 5.94. The summed E-state index contributed by atoms with van der Waals surface area (Å²) in [6.45, 7) is 1.56. The average Bonchev–Trinajstić information content (AvgIpc) is 2.28. The van der Waals surface area contributed by atoms with Crippen molar-refractivity contribution in [3.8, 4) is 0 Å². The quantitative estimate of drug-likeness (QED) is 0.782. The topological polar surface area (TPSA) is 58.6 Å². The first kappa shape index (κ1) is 11.7. The number of aliphatic hydroxyl groups excluding tert-OH is 1. The maximum atomic E-state index is 11.5. The lowest BCUT2D eigenvalue weighted by Crippen LogP contribution is -2.26. The van der Waals surface area contributed by atoms with Crippen molar-refractivity contribution in [1.82, 2.24) is 0 Å². The van der Waals surface area contributed by atoms with Crippen LogP contribution in [-0.4, -0.2) is 24.2 Å². The van der Waals surface area contributed by atoms with Gasteiger partial charge in [0.1, 0.15) is 6.10 Å². The predicted molar refractivity (Wildman–Crippen MR) is 57.5 cm³/mol. The summed E-state index contributed by atoms with van der Waals surface area (Å²) in [5.41, 5.74) is 1.31. The molecule has 82 valence electrons. The molecular formula is C11H15NO3. The molecule has 0 fully saturated rings. The zero-order valence-corrected chi connectivity index (χ0v) is 8.86. The van der Waals surface area contributed by atoms with Crippen molar-refractivity contribution < 1.29 is 14.6 Å². The third kappa shape index (κ3) is 3.04. The predicted octanol–water partition coefficient (Wildman–Crippen LogP) is 1.15. The van der Waals surface area contributed by atoms with Crippen LogP contribution < -0.4 is 5.32 Å². The van der Waals surface area contributed by atoms with E-state index in [-0.39, 0.29) is 12.5 Å². The minimum Gasteiger partial charge on any atom is -0.392 e. The molecule has 2 N–H and O–H groups in total. The maximum Gasteiger partial charge on any atom is 0.253 e. The number of anilines is 1. The van der Waals surface area contributed by atoms with E-state index in [2.05, 4.69) is 5.32 Å². The van der Waals surface area contributed by atoms with Crippen molar-refractivity contribution in [1.29, 1.82) is 0 Å². The van der Waals surface area contributed by atoms with Crippen LogP contribution in [0.25, 0.3) is 0 Å². The minimum absolute atomic E-state index is 0.0994. The highest BCUT2D eigenvalue weighted by Crippen LogP contribution is 2.15. The molecule has 15 heavy (non-hydrogen) atoms. The summed E-state index contributed by atoms with van der Waals surface area (Å²) in [5.74, 6) is -0.224. The van der Waals surface area contributed by atoms with E-state index in [1.54, 1.807) is 31.2 Å². The van der Waals surface area contributed by atoms with Gasteiger partial charge in [0.05, 0.1) is 6.61 Å². The fraction of sp³-hybridized carbons (Fsp3) is 0.364. The SMILES string of the molecule is COC(C)C(=O)Nc1ccccc1CO. The largest absolute Gasteiger partial charge is 0.392 e. The Labute approximate surface area is 88.9 Å². The molecule has 0 radical (unpaired) electrons. The van der Waals surface area contributed by atoms with Crippen molar-refractivity contribution in [3.63, 3.8) is 0 Å². The molecular weight excluding hydrogens is 194 g/mol. The third-order valence-corrected chi connectivity index (χ3v) is 2.17. The van der Waals surface area contributed by atoms with E-state index in [4.69, 9.17) is 9.84 Å². The van der Waals surface area contributed by atoms with Crippen LogP contribution in [0.4, 0.5) is 5.69 Å². The van der Waals surface area contributed by atoms with Gasteiger partial charge in [-0.05, 0) is 13.0 Å². The van der Waals surface area contributed by atoms with Crippen molar-refractivity contribution in [3.05, 3.63) is 29.8 Å². The first-order valence-corrected chi connectivity index (χ1v) is 4.71. The zero-order valence-electron chi connectivity index (χ0n) is 8.86. The van der Waals surface area contributed by atoms with Crippen LogP contribution in [0.3, 0.4) is 0 Å². The Balaban J connectivity index is 2.76. The number of hydrogen-bond acceptors (Lipinski definition) is 3. The molecule has 4 heteroatoms. The van der Waals surface area contributed by atoms with Crippen LogP contribution in [0, 0.1) is 0 Å². The monoisotopic (exact) mass is 209 g/mol. The summed E-state index contributed by atoms with van der Waals surface area (Å²) < 4.78 is 4.88. The van der Waals surface area contributed by atoms with Gasteiger partial charge in [-0.3, -0.25) is 4.79 Å². The second-order valence-electron chi connectivity index (χ2n) is 3.18. The molecule has 0 aliphatic carbocycles. The third-order valence-electron chi connectivity index (χ3n) is 2.17. The van der Waals surface area contributed by atoms with Gasteiger partial charge in [0.25, 0.3) is 5.91 Å². The van der Waals surface area contributed by atoms with Gasteiger partial charge in [-0.1, -0.05) is 18.2 Å². The zero-order chi connectivity index (χ0) is 11.3. The van der Waals surface area contributed by atoms with Gasteiger partial charge in [-0.2, -0.15) is 0 Å². The lowest BCUT2D eigenvalue weighted by Gasteiger charge is -2.12. The molecule has 1 aromatic carbocycles. The summed E-state index contributed by atoms with van der Waals surface area (Å²) in [6, 6.07) is 7.10. The standard InChI is InChI=1S/C11H15NO3/c1-8(15-2)11(14)12-10-6-4-3-5-9(10)7-13/h3-6,8,13H,7H2,1-2H3,(H,12,14). The van der Waals surface area contributed by atoms with Crippen LogP contribution in [0.5, 0.6) is 0 Å². The summed E-state index contributed by atoms with van der Waals surface area (Å²) in [6.07, 6.45) is -0.503. The summed E-state index contributed by atoms with van der Waals surface area (Å²) in [7, 11) is 1.47. The fourth-order valence-electron chi connectivity index (χ4n) is 1.12. The Morgan fingerprint density at radius 3 is 2.80 bits per heavy atom. The number of rotatable bonds is 4. The van der Waals surface area contributed by atoms with Crippen LogP contribution in [0.1, 0.15) is 12.5 Å². The van der Waals surface area contributed by atoms with Crippen LogP contribution in [0.15, 0.2) is 24.3 Å². The number of carbonyl (C=O) groups is 1. The first-order valence-electron chi connectivity index (χ1n) is 4.71.